The SMILES string of the molecule is CCC1CCC(C(=O)Oc2ccc(-c3ccc(F)cc3)c(F)c2)CC1. The maximum Gasteiger partial charge on any atom is 0.314 e. The first-order valence-corrected chi connectivity index (χ1v) is 8.84. The molecule has 132 valence electrons. The zero-order chi connectivity index (χ0) is 17.8. The van der Waals surface area contributed by atoms with Gasteiger partial charge in [-0.15, -0.1) is 0 Å². The molecule has 4 heteroatoms. The van der Waals surface area contributed by atoms with Crippen molar-refractivity contribution in [1.29, 1.82) is 0 Å². The molecule has 3 rings (SSSR count). The molecule has 0 atom stereocenters. The van der Waals surface area contributed by atoms with Gasteiger partial charge in [-0.3, -0.25) is 4.79 Å². The minimum Gasteiger partial charge on any atom is -0.426 e. The van der Waals surface area contributed by atoms with Crippen LogP contribution in [0.3, 0.4) is 0 Å². The Balaban J connectivity index is 1.67. The van der Waals surface area contributed by atoms with Crippen LogP contribution in [0.5, 0.6) is 5.75 Å². The minimum absolute atomic E-state index is 0.0948. The first-order chi connectivity index (χ1) is 12.1. The molecule has 0 N–H and O–H groups in total. The van der Waals surface area contributed by atoms with E-state index < -0.39 is 5.82 Å². The largest absolute Gasteiger partial charge is 0.426 e. The highest BCUT2D eigenvalue weighted by atomic mass is 19.1. The minimum atomic E-state index is -0.494. The van der Waals surface area contributed by atoms with Gasteiger partial charge in [0, 0.05) is 11.6 Å². The molecule has 1 aliphatic carbocycles. The van der Waals surface area contributed by atoms with Crippen LogP contribution in [0.25, 0.3) is 11.1 Å². The van der Waals surface area contributed by atoms with Gasteiger partial charge in [0.25, 0.3) is 0 Å². The number of carbonyl (C=O) groups is 1. The van der Waals surface area contributed by atoms with E-state index in [1.807, 2.05) is 0 Å². The predicted octanol–water partition coefficient (Wildman–Crippen LogP) is 5.75. The molecule has 0 amide bonds. The third-order valence-electron chi connectivity index (χ3n) is 5.07. The molecule has 0 unspecified atom stereocenters. The van der Waals surface area contributed by atoms with Crippen molar-refractivity contribution < 1.29 is 18.3 Å². The van der Waals surface area contributed by atoms with E-state index in [1.54, 1.807) is 12.1 Å². The molecule has 1 saturated carbocycles. The lowest BCUT2D eigenvalue weighted by molar-refractivity contribution is -0.140. The Labute approximate surface area is 146 Å². The van der Waals surface area contributed by atoms with Crippen LogP contribution in [0.1, 0.15) is 39.0 Å². The van der Waals surface area contributed by atoms with Crippen molar-refractivity contribution in [2.24, 2.45) is 11.8 Å². The van der Waals surface area contributed by atoms with E-state index in [-0.39, 0.29) is 23.5 Å². The Morgan fingerprint density at radius 1 is 1.04 bits per heavy atom. The molecule has 1 fully saturated rings. The first-order valence-electron chi connectivity index (χ1n) is 8.84. The quantitative estimate of drug-likeness (QED) is 0.521. The highest BCUT2D eigenvalue weighted by molar-refractivity contribution is 5.75. The summed E-state index contributed by atoms with van der Waals surface area (Å²) >= 11 is 0. The smallest absolute Gasteiger partial charge is 0.314 e. The summed E-state index contributed by atoms with van der Waals surface area (Å²) in [6.07, 6.45) is 4.93. The van der Waals surface area contributed by atoms with Gasteiger partial charge in [-0.1, -0.05) is 25.5 Å². The second kappa shape index (κ2) is 7.77. The maximum absolute atomic E-state index is 14.3. The normalized spacial score (nSPS) is 20.3. The van der Waals surface area contributed by atoms with Crippen molar-refractivity contribution in [2.75, 3.05) is 0 Å². The molecular weight excluding hydrogens is 322 g/mol. The van der Waals surface area contributed by atoms with Crippen molar-refractivity contribution in [1.82, 2.24) is 0 Å². The predicted molar refractivity (Wildman–Crippen MR) is 93.2 cm³/mol. The molecule has 0 aromatic heterocycles. The van der Waals surface area contributed by atoms with E-state index in [4.69, 9.17) is 4.74 Å². The van der Waals surface area contributed by atoms with Gasteiger partial charge in [0.2, 0.25) is 0 Å². The lowest BCUT2D eigenvalue weighted by atomic mass is 9.81. The number of hydrogen-bond acceptors (Lipinski definition) is 2. The highest BCUT2D eigenvalue weighted by Gasteiger charge is 2.27. The van der Waals surface area contributed by atoms with Crippen LogP contribution in [0.2, 0.25) is 0 Å². The summed E-state index contributed by atoms with van der Waals surface area (Å²) in [6.45, 7) is 2.18. The van der Waals surface area contributed by atoms with Crippen LogP contribution in [-0.2, 0) is 4.79 Å². The van der Waals surface area contributed by atoms with Gasteiger partial charge < -0.3 is 4.74 Å². The third kappa shape index (κ3) is 4.25. The van der Waals surface area contributed by atoms with Crippen LogP contribution in [0.15, 0.2) is 42.5 Å². The van der Waals surface area contributed by atoms with Crippen molar-refractivity contribution in [2.45, 2.75) is 39.0 Å². The van der Waals surface area contributed by atoms with E-state index in [0.29, 0.717) is 17.0 Å². The fraction of sp³-hybridized carbons (Fsp3) is 0.381. The summed E-state index contributed by atoms with van der Waals surface area (Å²) in [4.78, 5) is 12.3. The standard InChI is InChI=1S/C21H22F2O2/c1-2-14-3-5-16(6-4-14)21(24)25-18-11-12-19(20(23)13-18)15-7-9-17(22)10-8-15/h7-14,16H,2-6H2,1H3. The van der Waals surface area contributed by atoms with E-state index >= 15 is 0 Å². The molecule has 2 aromatic rings. The van der Waals surface area contributed by atoms with Crippen LogP contribution in [-0.4, -0.2) is 5.97 Å². The van der Waals surface area contributed by atoms with Crippen molar-refractivity contribution in [3.63, 3.8) is 0 Å². The highest BCUT2D eigenvalue weighted by Crippen LogP contribution is 2.32. The molecule has 0 aliphatic heterocycles. The Morgan fingerprint density at radius 3 is 2.32 bits per heavy atom. The van der Waals surface area contributed by atoms with E-state index in [0.717, 1.165) is 32.1 Å². The maximum atomic E-state index is 14.3. The molecule has 1 aliphatic rings. The second-order valence-electron chi connectivity index (χ2n) is 6.70. The molecule has 0 bridgehead atoms. The monoisotopic (exact) mass is 344 g/mol. The van der Waals surface area contributed by atoms with Gasteiger partial charge in [0.1, 0.15) is 17.4 Å². The van der Waals surface area contributed by atoms with Crippen LogP contribution in [0.4, 0.5) is 8.78 Å². The molecule has 0 radical (unpaired) electrons. The molecule has 0 heterocycles. The fourth-order valence-corrected chi connectivity index (χ4v) is 3.43. The number of carbonyl (C=O) groups excluding carboxylic acids is 1. The van der Waals surface area contributed by atoms with E-state index in [1.165, 1.54) is 30.3 Å². The van der Waals surface area contributed by atoms with Gasteiger partial charge in [-0.25, -0.2) is 8.78 Å². The van der Waals surface area contributed by atoms with Gasteiger partial charge in [0.05, 0.1) is 5.92 Å². The number of halogens is 2. The second-order valence-corrected chi connectivity index (χ2v) is 6.70. The number of esters is 1. The van der Waals surface area contributed by atoms with Gasteiger partial charge in [-0.2, -0.15) is 0 Å². The summed E-state index contributed by atoms with van der Waals surface area (Å²) < 4.78 is 32.7. The number of ether oxygens (including phenoxy) is 1. The van der Waals surface area contributed by atoms with E-state index in [2.05, 4.69) is 6.92 Å². The average Bonchev–Trinajstić information content (AvgIpc) is 2.63. The number of rotatable bonds is 4. The Kier molecular flexibility index (Phi) is 5.47. The Hall–Kier alpha value is -2.23. The first kappa shape index (κ1) is 17.6. The van der Waals surface area contributed by atoms with Crippen LogP contribution in [0, 0.1) is 23.5 Å². The lowest BCUT2D eigenvalue weighted by Gasteiger charge is -2.26. The fourth-order valence-electron chi connectivity index (χ4n) is 3.43. The summed E-state index contributed by atoms with van der Waals surface area (Å²) in [5.74, 6) is -0.312. The molecule has 0 saturated heterocycles. The van der Waals surface area contributed by atoms with Crippen molar-refractivity contribution >= 4 is 5.97 Å². The summed E-state index contributed by atoms with van der Waals surface area (Å²) in [7, 11) is 0. The summed E-state index contributed by atoms with van der Waals surface area (Å²) in [6, 6.07) is 9.96. The Bertz CT molecular complexity index is 732. The summed E-state index contributed by atoms with van der Waals surface area (Å²) in [5, 5.41) is 0. The zero-order valence-corrected chi connectivity index (χ0v) is 14.3. The number of hydrogen-bond donors (Lipinski definition) is 0. The van der Waals surface area contributed by atoms with E-state index in [9.17, 15) is 13.6 Å². The van der Waals surface area contributed by atoms with Crippen LogP contribution >= 0.6 is 0 Å². The molecule has 2 nitrogen and oxygen atoms in total. The van der Waals surface area contributed by atoms with Crippen LogP contribution < -0.4 is 4.74 Å². The third-order valence-corrected chi connectivity index (χ3v) is 5.07. The van der Waals surface area contributed by atoms with Crippen molar-refractivity contribution in [3.05, 3.63) is 54.1 Å². The molecular formula is C21H22F2O2. The number of benzene rings is 2. The average molecular weight is 344 g/mol. The molecule has 25 heavy (non-hydrogen) atoms. The lowest BCUT2D eigenvalue weighted by Crippen LogP contribution is -2.25. The van der Waals surface area contributed by atoms with Gasteiger partial charge in [-0.05, 0) is 61.4 Å². The van der Waals surface area contributed by atoms with Gasteiger partial charge >= 0.3 is 5.97 Å². The molecule has 2 aromatic carbocycles. The molecule has 0 spiro atoms. The topological polar surface area (TPSA) is 26.3 Å². The van der Waals surface area contributed by atoms with Gasteiger partial charge in [0.15, 0.2) is 0 Å². The Morgan fingerprint density at radius 2 is 1.72 bits per heavy atom. The van der Waals surface area contributed by atoms with Crippen molar-refractivity contribution in [3.8, 4) is 16.9 Å². The zero-order valence-electron chi connectivity index (χ0n) is 14.3. The summed E-state index contributed by atoms with van der Waals surface area (Å²) in [5.41, 5.74) is 0.929.